The first kappa shape index (κ1) is 25.2. The standard InChI is InChI=1S/C24H25F3N6O3S/c1-12(29-21(34)16-8-15(14-4-5-14)9-18(10-16)36-24(25,26)27)20-30-13(2)31-33(20)23-28-11-19(37-23)22(35)32(3)17-6-7-17/h8-12,14,17H,4-7H2,1-3H3,(H,29,34)/t12-/m0/s1. The molecule has 2 aromatic heterocycles. The lowest BCUT2D eigenvalue weighted by molar-refractivity contribution is -0.274. The lowest BCUT2D eigenvalue weighted by Gasteiger charge is -2.16. The molecule has 0 radical (unpaired) electrons. The van der Waals surface area contributed by atoms with Crippen LogP contribution in [0.15, 0.2) is 24.4 Å². The molecule has 2 saturated carbocycles. The van der Waals surface area contributed by atoms with Crippen LogP contribution in [-0.2, 0) is 0 Å². The number of carbonyl (C=O) groups excluding carboxylic acids is 2. The van der Waals surface area contributed by atoms with Gasteiger partial charge in [-0.1, -0.05) is 11.3 Å². The Bertz CT molecular complexity index is 1350. The van der Waals surface area contributed by atoms with Crippen LogP contribution in [0, 0.1) is 6.92 Å². The summed E-state index contributed by atoms with van der Waals surface area (Å²) in [4.78, 5) is 36.7. The quantitative estimate of drug-likeness (QED) is 0.456. The molecule has 2 amide bonds. The number of benzene rings is 1. The number of alkyl halides is 3. The van der Waals surface area contributed by atoms with Crippen LogP contribution in [0.2, 0.25) is 0 Å². The van der Waals surface area contributed by atoms with Crippen LogP contribution in [0.5, 0.6) is 5.75 Å². The number of rotatable bonds is 8. The Morgan fingerprint density at radius 1 is 1.22 bits per heavy atom. The Hall–Kier alpha value is -3.48. The minimum Gasteiger partial charge on any atom is -0.406 e. The molecule has 1 atom stereocenters. The molecule has 196 valence electrons. The molecule has 0 spiro atoms. The Labute approximate surface area is 214 Å². The highest BCUT2D eigenvalue weighted by Crippen LogP contribution is 2.42. The summed E-state index contributed by atoms with van der Waals surface area (Å²) in [6.45, 7) is 3.38. The van der Waals surface area contributed by atoms with Crippen LogP contribution in [0.25, 0.3) is 5.13 Å². The molecular weight excluding hydrogens is 509 g/mol. The van der Waals surface area contributed by atoms with E-state index in [9.17, 15) is 22.8 Å². The highest BCUT2D eigenvalue weighted by atomic mass is 32.1. The number of aromatic nitrogens is 4. The van der Waals surface area contributed by atoms with Crippen molar-refractivity contribution in [3.63, 3.8) is 0 Å². The predicted octanol–water partition coefficient (Wildman–Crippen LogP) is 4.53. The molecule has 5 rings (SSSR count). The number of amides is 2. The fourth-order valence-electron chi connectivity index (χ4n) is 4.06. The number of carbonyl (C=O) groups is 2. The van der Waals surface area contributed by atoms with Gasteiger partial charge in [-0.05, 0) is 69.2 Å². The van der Waals surface area contributed by atoms with E-state index in [0.29, 0.717) is 27.2 Å². The zero-order valence-electron chi connectivity index (χ0n) is 20.4. The summed E-state index contributed by atoms with van der Waals surface area (Å²) in [5.41, 5.74) is 0.693. The summed E-state index contributed by atoms with van der Waals surface area (Å²) in [5.74, 6) is -0.184. The van der Waals surface area contributed by atoms with Gasteiger partial charge in [0.05, 0.1) is 12.2 Å². The third-order valence-corrected chi connectivity index (χ3v) is 7.21. The van der Waals surface area contributed by atoms with E-state index in [2.05, 4.69) is 25.1 Å². The maximum atomic E-state index is 13.1. The fraction of sp³-hybridized carbons (Fsp3) is 0.458. The van der Waals surface area contributed by atoms with Gasteiger partial charge < -0.3 is 15.0 Å². The molecule has 9 nitrogen and oxygen atoms in total. The van der Waals surface area contributed by atoms with Crippen LogP contribution >= 0.6 is 11.3 Å². The first-order valence-electron chi connectivity index (χ1n) is 11.9. The topological polar surface area (TPSA) is 102 Å². The van der Waals surface area contributed by atoms with Crippen LogP contribution < -0.4 is 10.1 Å². The average molecular weight is 535 g/mol. The second kappa shape index (κ2) is 9.43. The van der Waals surface area contributed by atoms with E-state index in [1.54, 1.807) is 31.9 Å². The van der Waals surface area contributed by atoms with Gasteiger partial charge in [-0.15, -0.1) is 18.3 Å². The number of hydrogen-bond acceptors (Lipinski definition) is 7. The molecule has 0 unspecified atom stereocenters. The number of aryl methyl sites for hydroxylation is 1. The Balaban J connectivity index is 1.36. The summed E-state index contributed by atoms with van der Waals surface area (Å²) in [5, 5.41) is 7.58. The lowest BCUT2D eigenvalue weighted by Crippen LogP contribution is -2.29. The summed E-state index contributed by atoms with van der Waals surface area (Å²) in [7, 11) is 1.77. The van der Waals surface area contributed by atoms with Crippen molar-refractivity contribution in [2.75, 3.05) is 7.05 Å². The van der Waals surface area contributed by atoms with E-state index in [-0.39, 0.29) is 23.4 Å². The number of halogens is 3. The highest BCUT2D eigenvalue weighted by Gasteiger charge is 2.34. The van der Waals surface area contributed by atoms with Crippen molar-refractivity contribution < 1.29 is 27.5 Å². The van der Waals surface area contributed by atoms with Gasteiger partial charge in [0.1, 0.15) is 16.5 Å². The second-order valence-corrected chi connectivity index (χ2v) is 10.4. The van der Waals surface area contributed by atoms with Crippen LogP contribution in [0.4, 0.5) is 13.2 Å². The fourth-order valence-corrected chi connectivity index (χ4v) is 4.92. The van der Waals surface area contributed by atoms with E-state index in [1.165, 1.54) is 28.3 Å². The molecule has 2 aliphatic carbocycles. The van der Waals surface area contributed by atoms with Gasteiger partial charge in [-0.25, -0.2) is 9.97 Å². The molecule has 2 fully saturated rings. The molecule has 1 aromatic carbocycles. The van der Waals surface area contributed by atoms with Crippen molar-refractivity contribution >= 4 is 23.2 Å². The van der Waals surface area contributed by atoms with Gasteiger partial charge in [0.2, 0.25) is 5.13 Å². The van der Waals surface area contributed by atoms with Gasteiger partial charge in [-0.2, -0.15) is 4.68 Å². The SMILES string of the molecule is Cc1nc([C@H](C)NC(=O)c2cc(OC(F)(F)F)cc(C3CC3)c2)n(-c2ncc(C(=O)N(C)C3CC3)s2)n1. The molecule has 0 saturated heterocycles. The maximum Gasteiger partial charge on any atom is 0.573 e. The molecule has 0 bridgehead atoms. The third-order valence-electron chi connectivity index (χ3n) is 6.25. The van der Waals surface area contributed by atoms with Crippen molar-refractivity contribution in [2.24, 2.45) is 0 Å². The minimum atomic E-state index is -4.86. The van der Waals surface area contributed by atoms with Gasteiger partial charge >= 0.3 is 6.36 Å². The molecule has 2 heterocycles. The number of thiazole rings is 1. The third kappa shape index (κ3) is 5.76. The van der Waals surface area contributed by atoms with Gasteiger partial charge in [0.15, 0.2) is 5.82 Å². The van der Waals surface area contributed by atoms with Crippen molar-refractivity contribution in [3.8, 4) is 10.9 Å². The van der Waals surface area contributed by atoms with E-state index in [0.717, 1.165) is 31.7 Å². The van der Waals surface area contributed by atoms with Crippen molar-refractivity contribution in [3.05, 3.63) is 52.0 Å². The van der Waals surface area contributed by atoms with Crippen LogP contribution in [0.1, 0.15) is 81.8 Å². The molecule has 37 heavy (non-hydrogen) atoms. The average Bonchev–Trinajstić information content (AvgIpc) is 3.76. The number of nitrogens with zero attached hydrogens (tertiary/aromatic N) is 5. The number of ether oxygens (including phenoxy) is 1. The Morgan fingerprint density at radius 2 is 1.95 bits per heavy atom. The summed E-state index contributed by atoms with van der Waals surface area (Å²) >= 11 is 1.17. The normalized spacial score (nSPS) is 16.4. The van der Waals surface area contributed by atoms with Crippen molar-refractivity contribution in [2.45, 2.75) is 63.9 Å². The predicted molar refractivity (Wildman–Crippen MR) is 128 cm³/mol. The van der Waals surface area contributed by atoms with Crippen molar-refractivity contribution in [1.29, 1.82) is 0 Å². The van der Waals surface area contributed by atoms with Crippen LogP contribution in [0.3, 0.4) is 0 Å². The van der Waals surface area contributed by atoms with Crippen LogP contribution in [-0.4, -0.2) is 55.9 Å². The molecule has 3 aromatic rings. The minimum absolute atomic E-state index is 0.0588. The molecule has 1 N–H and O–H groups in total. The Kier molecular flexibility index (Phi) is 6.42. The first-order valence-corrected chi connectivity index (χ1v) is 12.7. The smallest absolute Gasteiger partial charge is 0.406 e. The monoisotopic (exact) mass is 534 g/mol. The van der Waals surface area contributed by atoms with Gasteiger partial charge in [0, 0.05) is 18.7 Å². The number of nitrogens with one attached hydrogen (secondary N) is 1. The molecule has 2 aliphatic rings. The second-order valence-electron chi connectivity index (χ2n) is 9.39. The van der Waals surface area contributed by atoms with Crippen molar-refractivity contribution in [1.82, 2.24) is 30.0 Å². The highest BCUT2D eigenvalue weighted by molar-refractivity contribution is 7.16. The van der Waals surface area contributed by atoms with Gasteiger partial charge in [-0.3, -0.25) is 9.59 Å². The van der Waals surface area contributed by atoms with E-state index < -0.39 is 24.1 Å². The summed E-state index contributed by atoms with van der Waals surface area (Å²) in [6, 6.07) is 3.59. The molecular formula is C24H25F3N6O3S. The lowest BCUT2D eigenvalue weighted by atomic mass is 10.1. The first-order chi connectivity index (χ1) is 17.5. The Morgan fingerprint density at radius 3 is 2.59 bits per heavy atom. The van der Waals surface area contributed by atoms with E-state index >= 15 is 0 Å². The van der Waals surface area contributed by atoms with E-state index in [4.69, 9.17) is 0 Å². The summed E-state index contributed by atoms with van der Waals surface area (Å²) < 4.78 is 44.1. The van der Waals surface area contributed by atoms with Gasteiger partial charge in [0.25, 0.3) is 11.8 Å². The maximum absolute atomic E-state index is 13.1. The molecule has 13 heteroatoms. The van der Waals surface area contributed by atoms with E-state index in [1.807, 2.05) is 0 Å². The summed E-state index contributed by atoms with van der Waals surface area (Å²) in [6.07, 6.45) is 0.319. The largest absolute Gasteiger partial charge is 0.573 e. The molecule has 0 aliphatic heterocycles. The number of hydrogen-bond donors (Lipinski definition) is 1. The zero-order valence-corrected chi connectivity index (χ0v) is 21.2. The zero-order chi connectivity index (χ0) is 26.5.